The van der Waals surface area contributed by atoms with E-state index in [4.69, 9.17) is 0 Å². The van der Waals surface area contributed by atoms with Crippen LogP contribution in [0.2, 0.25) is 0 Å². The minimum atomic E-state index is -4.43. The Balaban J connectivity index is 1.54. The predicted octanol–water partition coefficient (Wildman–Crippen LogP) is 4.53. The van der Waals surface area contributed by atoms with Gasteiger partial charge in [0.25, 0.3) is 0 Å². The lowest BCUT2D eigenvalue weighted by Gasteiger charge is -2.58. The van der Waals surface area contributed by atoms with Crippen LogP contribution in [0.3, 0.4) is 0 Å². The molecular formula is C18H25F4NO. The molecule has 0 saturated heterocycles. The van der Waals surface area contributed by atoms with Crippen LogP contribution in [0, 0.1) is 23.2 Å². The van der Waals surface area contributed by atoms with Gasteiger partial charge in [-0.3, -0.25) is 4.79 Å². The summed E-state index contributed by atoms with van der Waals surface area (Å²) in [6.07, 6.45) is 1.33. The molecular weight excluding hydrogens is 322 g/mol. The molecule has 0 spiro atoms. The van der Waals surface area contributed by atoms with Crippen molar-refractivity contribution in [3.05, 3.63) is 0 Å². The van der Waals surface area contributed by atoms with Crippen molar-refractivity contribution >= 4 is 5.91 Å². The summed E-state index contributed by atoms with van der Waals surface area (Å²) < 4.78 is 55.4. The van der Waals surface area contributed by atoms with Crippen LogP contribution in [0.25, 0.3) is 0 Å². The van der Waals surface area contributed by atoms with Crippen LogP contribution < -0.4 is 5.32 Å². The molecule has 5 saturated carbocycles. The Morgan fingerprint density at radius 1 is 1.04 bits per heavy atom. The molecule has 5 aliphatic carbocycles. The lowest BCUT2D eigenvalue weighted by atomic mass is 9.48. The molecule has 136 valence electrons. The lowest BCUT2D eigenvalue weighted by Crippen LogP contribution is -2.61. The highest BCUT2D eigenvalue weighted by Crippen LogP contribution is 2.63. The fourth-order valence-electron chi connectivity index (χ4n) is 6.47. The van der Waals surface area contributed by atoms with Crippen molar-refractivity contribution in [1.82, 2.24) is 5.32 Å². The van der Waals surface area contributed by atoms with Gasteiger partial charge in [0.1, 0.15) is 11.7 Å². The molecule has 4 bridgehead atoms. The molecule has 24 heavy (non-hydrogen) atoms. The summed E-state index contributed by atoms with van der Waals surface area (Å²) in [6, 6.07) is -1.77. The van der Waals surface area contributed by atoms with E-state index in [1.54, 1.807) is 0 Å². The van der Waals surface area contributed by atoms with Crippen molar-refractivity contribution in [2.75, 3.05) is 0 Å². The maximum Gasteiger partial charge on any atom is 0.408 e. The number of carbonyl (C=O) groups is 1. The molecule has 2 nitrogen and oxygen atoms in total. The first-order chi connectivity index (χ1) is 11.2. The van der Waals surface area contributed by atoms with Crippen molar-refractivity contribution in [3.8, 4) is 0 Å². The summed E-state index contributed by atoms with van der Waals surface area (Å²) in [5, 5.41) is 2.34. The van der Waals surface area contributed by atoms with E-state index < -0.39 is 35.1 Å². The third-order valence-corrected chi connectivity index (χ3v) is 6.98. The Hall–Kier alpha value is -0.810. The molecule has 5 fully saturated rings. The number of rotatable bonds is 3. The molecule has 0 radical (unpaired) electrons. The molecule has 0 heterocycles. The van der Waals surface area contributed by atoms with Gasteiger partial charge in [0.05, 0.1) is 5.41 Å². The maximum atomic E-state index is 15.0. The summed E-state index contributed by atoms with van der Waals surface area (Å²) in [6.45, 7) is 0. The van der Waals surface area contributed by atoms with Crippen molar-refractivity contribution in [2.45, 2.75) is 82.1 Å². The standard InChI is InChI=1S/C18H25F4NO/c19-17-8-11-5-12(9-17)7-16(6-11,10-17)15(24)23-14(18(20,21)22)13-3-1-2-4-13/h11-14H,1-10H2,(H,23,24)/t11-,12-,14+,16?,17?/m1/s1. The lowest BCUT2D eigenvalue weighted by molar-refractivity contribution is -0.183. The third kappa shape index (κ3) is 2.74. The van der Waals surface area contributed by atoms with Gasteiger partial charge < -0.3 is 5.32 Å². The van der Waals surface area contributed by atoms with E-state index in [0.29, 0.717) is 38.5 Å². The molecule has 0 aromatic carbocycles. The molecule has 0 aliphatic heterocycles. The topological polar surface area (TPSA) is 29.1 Å². The molecule has 0 aromatic rings. The van der Waals surface area contributed by atoms with Gasteiger partial charge in [-0.15, -0.1) is 0 Å². The summed E-state index contributed by atoms with van der Waals surface area (Å²) in [5.41, 5.74) is -2.23. The van der Waals surface area contributed by atoms with Crippen LogP contribution in [0.4, 0.5) is 17.6 Å². The minimum Gasteiger partial charge on any atom is -0.344 e. The van der Waals surface area contributed by atoms with E-state index in [0.717, 1.165) is 19.3 Å². The van der Waals surface area contributed by atoms with E-state index in [1.165, 1.54) is 0 Å². The summed E-state index contributed by atoms with van der Waals surface area (Å²) in [7, 11) is 0. The number of alkyl halides is 4. The molecule has 0 aromatic heterocycles. The Morgan fingerprint density at radius 3 is 2.12 bits per heavy atom. The second-order valence-electron chi connectivity index (χ2n) is 8.93. The largest absolute Gasteiger partial charge is 0.408 e. The monoisotopic (exact) mass is 347 g/mol. The van der Waals surface area contributed by atoms with Crippen molar-refractivity contribution in [2.24, 2.45) is 23.2 Å². The van der Waals surface area contributed by atoms with Crippen LogP contribution >= 0.6 is 0 Å². The van der Waals surface area contributed by atoms with Gasteiger partial charge in [-0.25, -0.2) is 4.39 Å². The first-order valence-electron chi connectivity index (χ1n) is 9.26. The molecule has 1 amide bonds. The van der Waals surface area contributed by atoms with Crippen LogP contribution in [0.15, 0.2) is 0 Å². The second-order valence-corrected chi connectivity index (χ2v) is 8.93. The molecule has 0 unspecified atom stereocenters. The fraction of sp³-hybridized carbons (Fsp3) is 0.944. The number of carbonyl (C=O) groups excluding carboxylic acids is 1. The zero-order valence-corrected chi connectivity index (χ0v) is 13.8. The third-order valence-electron chi connectivity index (χ3n) is 6.98. The van der Waals surface area contributed by atoms with Crippen molar-refractivity contribution in [3.63, 3.8) is 0 Å². The number of hydrogen-bond acceptors (Lipinski definition) is 1. The van der Waals surface area contributed by atoms with Gasteiger partial charge in [0.15, 0.2) is 0 Å². The van der Waals surface area contributed by atoms with Crippen LogP contribution in [-0.2, 0) is 4.79 Å². The van der Waals surface area contributed by atoms with Crippen LogP contribution in [0.1, 0.15) is 64.2 Å². The van der Waals surface area contributed by atoms with Crippen molar-refractivity contribution < 1.29 is 22.4 Å². The Morgan fingerprint density at radius 2 is 1.62 bits per heavy atom. The average molecular weight is 347 g/mol. The van der Waals surface area contributed by atoms with Crippen LogP contribution in [0.5, 0.6) is 0 Å². The predicted molar refractivity (Wildman–Crippen MR) is 80.9 cm³/mol. The zero-order valence-electron chi connectivity index (χ0n) is 13.8. The van der Waals surface area contributed by atoms with Gasteiger partial charge in [0, 0.05) is 0 Å². The quantitative estimate of drug-likeness (QED) is 0.747. The highest BCUT2D eigenvalue weighted by molar-refractivity contribution is 5.83. The molecule has 5 rings (SSSR count). The number of halogens is 4. The normalized spacial score (nSPS) is 43.2. The van der Waals surface area contributed by atoms with E-state index >= 15 is 0 Å². The zero-order chi connectivity index (χ0) is 17.2. The molecule has 1 N–H and O–H groups in total. The van der Waals surface area contributed by atoms with E-state index in [1.807, 2.05) is 0 Å². The van der Waals surface area contributed by atoms with Gasteiger partial charge in [-0.05, 0) is 69.1 Å². The molecule has 5 aliphatic rings. The highest BCUT2D eigenvalue weighted by atomic mass is 19.4. The fourth-order valence-corrected chi connectivity index (χ4v) is 6.47. The summed E-state index contributed by atoms with van der Waals surface area (Å²) >= 11 is 0. The number of nitrogens with one attached hydrogen (secondary N) is 1. The minimum absolute atomic E-state index is 0.119. The summed E-state index contributed by atoms with van der Waals surface area (Å²) in [5.74, 6) is -0.731. The van der Waals surface area contributed by atoms with Gasteiger partial charge in [-0.1, -0.05) is 12.8 Å². The maximum absolute atomic E-state index is 15.0. The average Bonchev–Trinajstić information content (AvgIpc) is 2.93. The SMILES string of the molecule is O=C(N[C@@H](C1CCCC1)C(F)(F)F)C12C[C@H]3C[C@@H](CC(F)(C3)C1)C2. The second kappa shape index (κ2) is 5.34. The smallest absolute Gasteiger partial charge is 0.344 e. The van der Waals surface area contributed by atoms with Crippen molar-refractivity contribution in [1.29, 1.82) is 0 Å². The van der Waals surface area contributed by atoms with Gasteiger partial charge >= 0.3 is 6.18 Å². The Bertz CT molecular complexity index is 512. The first-order valence-corrected chi connectivity index (χ1v) is 9.26. The Labute approximate surface area is 139 Å². The molecule has 3 atom stereocenters. The molecule has 6 heteroatoms. The number of hydrogen-bond donors (Lipinski definition) is 1. The van der Waals surface area contributed by atoms with Gasteiger partial charge in [-0.2, -0.15) is 13.2 Å². The Kier molecular flexibility index (Phi) is 3.70. The van der Waals surface area contributed by atoms with E-state index in [9.17, 15) is 22.4 Å². The highest BCUT2D eigenvalue weighted by Gasteiger charge is 2.62. The van der Waals surface area contributed by atoms with E-state index in [-0.39, 0.29) is 18.3 Å². The van der Waals surface area contributed by atoms with Crippen LogP contribution in [-0.4, -0.2) is 23.8 Å². The first kappa shape index (κ1) is 16.6. The van der Waals surface area contributed by atoms with E-state index in [2.05, 4.69) is 5.32 Å². The van der Waals surface area contributed by atoms with Gasteiger partial charge in [0.2, 0.25) is 5.91 Å². The number of amides is 1. The summed E-state index contributed by atoms with van der Waals surface area (Å²) in [4.78, 5) is 12.9.